The molecular formula is C24H23NO5S. The maximum absolute atomic E-state index is 13.3. The van der Waals surface area contributed by atoms with Crippen LogP contribution in [0, 0.1) is 13.8 Å². The van der Waals surface area contributed by atoms with Crippen LogP contribution in [-0.4, -0.2) is 35.0 Å². The van der Waals surface area contributed by atoms with Crippen LogP contribution in [0.25, 0.3) is 0 Å². The van der Waals surface area contributed by atoms with Crippen LogP contribution < -0.4 is 9.47 Å². The van der Waals surface area contributed by atoms with Gasteiger partial charge >= 0.3 is 0 Å². The van der Waals surface area contributed by atoms with Gasteiger partial charge in [-0.3, -0.25) is 18.8 Å². The Morgan fingerprint density at radius 1 is 0.968 bits per heavy atom. The summed E-state index contributed by atoms with van der Waals surface area (Å²) in [7, 11) is 1.41. The number of Topliss-reactive ketones (excluding diaryl/α,β-unsaturated/α-hetero) is 2. The fourth-order valence-corrected chi connectivity index (χ4v) is 4.59. The second kappa shape index (κ2) is 9.66. The third kappa shape index (κ3) is 4.72. The highest BCUT2D eigenvalue weighted by atomic mass is 32.2. The molecule has 1 aromatic heterocycles. The predicted molar refractivity (Wildman–Crippen MR) is 118 cm³/mol. The molecule has 0 aliphatic rings. The molecule has 31 heavy (non-hydrogen) atoms. The first-order valence-corrected chi connectivity index (χ1v) is 10.9. The summed E-state index contributed by atoms with van der Waals surface area (Å²) in [5.41, 5.74) is 2.60. The molecule has 0 bridgehead atoms. The van der Waals surface area contributed by atoms with E-state index >= 15 is 0 Å². The van der Waals surface area contributed by atoms with Crippen molar-refractivity contribution in [2.45, 2.75) is 24.5 Å². The molecule has 0 saturated heterocycles. The lowest BCUT2D eigenvalue weighted by Gasteiger charge is -2.14. The molecular weight excluding hydrogens is 414 g/mol. The van der Waals surface area contributed by atoms with Gasteiger partial charge in [0.2, 0.25) is 11.6 Å². The van der Waals surface area contributed by atoms with Gasteiger partial charge in [-0.05, 0) is 32.0 Å². The third-order valence-electron chi connectivity index (χ3n) is 4.94. The molecule has 3 aromatic rings. The Hall–Kier alpha value is -3.32. The van der Waals surface area contributed by atoms with E-state index in [1.165, 1.54) is 13.2 Å². The normalized spacial score (nSPS) is 11.6. The quantitative estimate of drug-likeness (QED) is 0.390. The van der Waals surface area contributed by atoms with Crippen LogP contribution in [0.2, 0.25) is 0 Å². The summed E-state index contributed by atoms with van der Waals surface area (Å²) < 4.78 is 23.9. The van der Waals surface area contributed by atoms with Gasteiger partial charge in [0.05, 0.1) is 41.4 Å². The summed E-state index contributed by atoms with van der Waals surface area (Å²) in [5.74, 6) is -0.240. The van der Waals surface area contributed by atoms with Crippen LogP contribution >= 0.6 is 0 Å². The van der Waals surface area contributed by atoms with E-state index in [4.69, 9.17) is 9.47 Å². The molecule has 0 aliphatic heterocycles. The van der Waals surface area contributed by atoms with Crippen LogP contribution in [0.5, 0.6) is 11.5 Å². The van der Waals surface area contributed by atoms with E-state index in [9.17, 15) is 13.8 Å². The van der Waals surface area contributed by atoms with Crippen molar-refractivity contribution in [2.24, 2.45) is 0 Å². The minimum atomic E-state index is -1.62. The highest BCUT2D eigenvalue weighted by Crippen LogP contribution is 2.28. The monoisotopic (exact) mass is 437 g/mol. The number of methoxy groups -OCH3 is 2. The zero-order valence-corrected chi connectivity index (χ0v) is 18.6. The van der Waals surface area contributed by atoms with Crippen molar-refractivity contribution in [2.75, 3.05) is 14.2 Å². The summed E-state index contributed by atoms with van der Waals surface area (Å²) in [6.45, 7) is 3.74. The number of aryl methyl sites for hydroxylation is 1. The standard InChI is InChI=1S/C24H23NO5S/c1-15-13-25-20(16(2)24(15)30-4)14-31(28)21-11-10-18(29-3)12-19(21)23(27)22(26)17-8-6-5-7-9-17/h5-13H,14H2,1-4H3. The number of pyridine rings is 1. The number of carbonyl (C=O) groups excluding carboxylic acids is 2. The van der Waals surface area contributed by atoms with E-state index < -0.39 is 22.4 Å². The molecule has 0 spiro atoms. The summed E-state index contributed by atoms with van der Waals surface area (Å²) in [4.78, 5) is 30.4. The Morgan fingerprint density at radius 3 is 2.32 bits per heavy atom. The summed E-state index contributed by atoms with van der Waals surface area (Å²) in [6.07, 6.45) is 1.66. The smallest absolute Gasteiger partial charge is 0.234 e. The summed E-state index contributed by atoms with van der Waals surface area (Å²) in [5, 5.41) is 0. The molecule has 160 valence electrons. The number of hydrogen-bond acceptors (Lipinski definition) is 6. The Kier molecular flexibility index (Phi) is 6.97. The molecule has 1 unspecified atom stereocenters. The maximum atomic E-state index is 13.3. The zero-order valence-electron chi connectivity index (χ0n) is 17.8. The Labute approximate surface area is 183 Å². The molecule has 0 radical (unpaired) electrons. The van der Waals surface area contributed by atoms with Crippen LogP contribution in [-0.2, 0) is 16.6 Å². The van der Waals surface area contributed by atoms with E-state index in [0.717, 1.165) is 11.1 Å². The van der Waals surface area contributed by atoms with Gasteiger partial charge in [-0.15, -0.1) is 0 Å². The molecule has 2 aromatic carbocycles. The topological polar surface area (TPSA) is 82.6 Å². The van der Waals surface area contributed by atoms with Gasteiger partial charge in [-0.2, -0.15) is 0 Å². The molecule has 1 atom stereocenters. The fraction of sp³-hybridized carbons (Fsp3) is 0.208. The van der Waals surface area contributed by atoms with Gasteiger partial charge in [0.15, 0.2) is 0 Å². The molecule has 0 amide bonds. The average Bonchev–Trinajstić information content (AvgIpc) is 2.80. The Morgan fingerprint density at radius 2 is 1.68 bits per heavy atom. The Bertz CT molecular complexity index is 1160. The van der Waals surface area contributed by atoms with Crippen molar-refractivity contribution in [3.63, 3.8) is 0 Å². The Balaban J connectivity index is 1.99. The van der Waals surface area contributed by atoms with Crippen molar-refractivity contribution in [3.8, 4) is 11.5 Å². The van der Waals surface area contributed by atoms with E-state index in [2.05, 4.69) is 4.98 Å². The lowest BCUT2D eigenvalue weighted by Crippen LogP contribution is -2.17. The van der Waals surface area contributed by atoms with Gasteiger partial charge < -0.3 is 9.47 Å². The maximum Gasteiger partial charge on any atom is 0.234 e. The molecule has 7 heteroatoms. The molecule has 0 fully saturated rings. The first kappa shape index (κ1) is 22.4. The van der Waals surface area contributed by atoms with Gasteiger partial charge in [0.25, 0.3) is 0 Å². The highest BCUT2D eigenvalue weighted by Gasteiger charge is 2.25. The van der Waals surface area contributed by atoms with Gasteiger partial charge in [-0.1, -0.05) is 30.3 Å². The number of nitrogens with zero attached hydrogens (tertiary/aromatic N) is 1. The van der Waals surface area contributed by atoms with E-state index in [1.807, 2.05) is 13.8 Å². The lowest BCUT2D eigenvalue weighted by atomic mass is 10.0. The number of rotatable bonds is 8. The number of benzene rings is 2. The average molecular weight is 438 g/mol. The van der Waals surface area contributed by atoms with E-state index in [0.29, 0.717) is 17.2 Å². The van der Waals surface area contributed by atoms with Crippen LogP contribution in [0.3, 0.4) is 0 Å². The largest absolute Gasteiger partial charge is 0.497 e. The molecule has 1 heterocycles. The predicted octanol–water partition coefficient (Wildman–Crippen LogP) is 4.09. The molecule has 6 nitrogen and oxygen atoms in total. The molecule has 0 N–H and O–H groups in total. The number of hydrogen-bond donors (Lipinski definition) is 0. The first-order valence-electron chi connectivity index (χ1n) is 9.57. The van der Waals surface area contributed by atoms with Gasteiger partial charge in [0, 0.05) is 28.5 Å². The van der Waals surface area contributed by atoms with Gasteiger partial charge in [-0.25, -0.2) is 0 Å². The van der Waals surface area contributed by atoms with Crippen molar-refractivity contribution in [1.82, 2.24) is 4.98 Å². The highest BCUT2D eigenvalue weighted by molar-refractivity contribution is 7.84. The van der Waals surface area contributed by atoms with E-state index in [-0.39, 0.29) is 21.8 Å². The van der Waals surface area contributed by atoms with Crippen LogP contribution in [0.1, 0.15) is 37.5 Å². The van der Waals surface area contributed by atoms with Crippen molar-refractivity contribution < 1.29 is 23.3 Å². The summed E-state index contributed by atoms with van der Waals surface area (Å²) >= 11 is 0. The zero-order chi connectivity index (χ0) is 22.5. The van der Waals surface area contributed by atoms with Gasteiger partial charge in [0.1, 0.15) is 11.5 Å². The SMILES string of the molecule is COc1ccc(S(=O)Cc2ncc(C)c(OC)c2C)c(C(=O)C(=O)c2ccccc2)c1. The second-order valence-corrected chi connectivity index (χ2v) is 8.34. The number of aromatic nitrogens is 1. The lowest BCUT2D eigenvalue weighted by molar-refractivity contribution is 0.0815. The van der Waals surface area contributed by atoms with Crippen LogP contribution in [0.4, 0.5) is 0 Å². The molecule has 0 saturated carbocycles. The van der Waals surface area contributed by atoms with Crippen LogP contribution in [0.15, 0.2) is 59.6 Å². The fourth-order valence-electron chi connectivity index (χ4n) is 3.27. The number of ketones is 2. The number of ether oxygens (including phenoxy) is 2. The van der Waals surface area contributed by atoms with Crippen molar-refractivity contribution in [3.05, 3.63) is 82.7 Å². The minimum absolute atomic E-state index is 0.0586. The molecule has 3 rings (SSSR count). The second-order valence-electron chi connectivity index (χ2n) is 6.92. The summed E-state index contributed by atoms with van der Waals surface area (Å²) in [6, 6.07) is 12.9. The van der Waals surface area contributed by atoms with Crippen molar-refractivity contribution in [1.29, 1.82) is 0 Å². The third-order valence-corrected chi connectivity index (χ3v) is 6.32. The van der Waals surface area contributed by atoms with Crippen molar-refractivity contribution >= 4 is 22.4 Å². The molecule has 0 aliphatic carbocycles. The van der Waals surface area contributed by atoms with E-state index in [1.54, 1.807) is 55.8 Å². The minimum Gasteiger partial charge on any atom is -0.497 e. The first-order chi connectivity index (χ1) is 14.9. The number of carbonyl (C=O) groups is 2.